The van der Waals surface area contributed by atoms with Crippen LogP contribution in [-0.4, -0.2) is 5.11 Å². The number of benzene rings is 2. The Morgan fingerprint density at radius 1 is 0.864 bits per heavy atom. The summed E-state index contributed by atoms with van der Waals surface area (Å²) in [6.07, 6.45) is 6.59. The Hall–Kier alpha value is -1.96. The van der Waals surface area contributed by atoms with Gasteiger partial charge < -0.3 is 9.84 Å². The molecule has 2 aromatic carbocycles. The molecule has 0 aliphatic rings. The average molecular weight is 298 g/mol. The Kier molecular flexibility index (Phi) is 6.32. The van der Waals surface area contributed by atoms with Gasteiger partial charge in [0, 0.05) is 5.56 Å². The first-order valence-corrected chi connectivity index (χ1v) is 8.32. The first-order valence-electron chi connectivity index (χ1n) is 8.32. The number of phenols is 1. The van der Waals surface area contributed by atoms with Crippen LogP contribution in [0.2, 0.25) is 0 Å². The molecule has 2 aromatic rings. The summed E-state index contributed by atoms with van der Waals surface area (Å²) >= 11 is 0. The van der Waals surface area contributed by atoms with E-state index >= 15 is 0 Å². The van der Waals surface area contributed by atoms with Gasteiger partial charge in [-0.15, -0.1) is 0 Å². The molecule has 0 atom stereocenters. The highest BCUT2D eigenvalue weighted by Gasteiger charge is 2.15. The smallest absolute Gasteiger partial charge is 0.172 e. The summed E-state index contributed by atoms with van der Waals surface area (Å²) in [5.41, 5.74) is 2.46. The SMILES string of the molecule is CCCCCc1c(CCC)ccc(O)c1Oc1ccccc1. The molecule has 0 saturated carbocycles. The molecule has 2 nitrogen and oxygen atoms in total. The fourth-order valence-electron chi connectivity index (χ4n) is 2.71. The molecule has 0 aliphatic heterocycles. The van der Waals surface area contributed by atoms with Crippen LogP contribution in [-0.2, 0) is 12.8 Å². The lowest BCUT2D eigenvalue weighted by atomic mass is 9.96. The standard InChI is InChI=1S/C20H26O2/c1-3-5-7-13-18-16(10-4-2)14-15-19(21)20(18)22-17-11-8-6-9-12-17/h6,8-9,11-12,14-15,21H,3-5,7,10,13H2,1-2H3. The number of para-hydroxylation sites is 1. The lowest BCUT2D eigenvalue weighted by Gasteiger charge is -2.17. The van der Waals surface area contributed by atoms with Gasteiger partial charge in [-0.3, -0.25) is 0 Å². The number of phenolic OH excluding ortho intramolecular Hbond substituents is 1. The lowest BCUT2D eigenvalue weighted by Crippen LogP contribution is -1.99. The van der Waals surface area contributed by atoms with Crippen LogP contribution < -0.4 is 4.74 Å². The van der Waals surface area contributed by atoms with E-state index in [0.29, 0.717) is 5.75 Å². The van der Waals surface area contributed by atoms with E-state index in [1.165, 1.54) is 24.0 Å². The Morgan fingerprint density at radius 3 is 2.32 bits per heavy atom. The number of hydrogen-bond acceptors (Lipinski definition) is 2. The van der Waals surface area contributed by atoms with E-state index in [9.17, 15) is 5.11 Å². The van der Waals surface area contributed by atoms with Gasteiger partial charge in [0.05, 0.1) is 0 Å². The quantitative estimate of drug-likeness (QED) is 0.617. The summed E-state index contributed by atoms with van der Waals surface area (Å²) in [4.78, 5) is 0. The average Bonchev–Trinajstić information content (AvgIpc) is 2.54. The highest BCUT2D eigenvalue weighted by atomic mass is 16.5. The van der Waals surface area contributed by atoms with Gasteiger partial charge in [0.15, 0.2) is 11.5 Å². The van der Waals surface area contributed by atoms with Crippen molar-refractivity contribution in [2.24, 2.45) is 0 Å². The van der Waals surface area contributed by atoms with E-state index in [-0.39, 0.29) is 5.75 Å². The minimum absolute atomic E-state index is 0.232. The van der Waals surface area contributed by atoms with E-state index < -0.39 is 0 Å². The molecular formula is C20H26O2. The van der Waals surface area contributed by atoms with Gasteiger partial charge in [-0.1, -0.05) is 57.4 Å². The third kappa shape index (κ3) is 4.27. The zero-order chi connectivity index (χ0) is 15.8. The Balaban J connectivity index is 2.33. The normalized spacial score (nSPS) is 10.6. The number of aryl methyl sites for hydroxylation is 1. The van der Waals surface area contributed by atoms with E-state index in [2.05, 4.69) is 13.8 Å². The molecule has 0 radical (unpaired) electrons. The predicted octanol–water partition coefficient (Wildman–Crippen LogP) is 5.87. The van der Waals surface area contributed by atoms with Gasteiger partial charge in [0.25, 0.3) is 0 Å². The minimum atomic E-state index is 0.232. The van der Waals surface area contributed by atoms with Crippen LogP contribution in [0.4, 0.5) is 0 Å². The third-order valence-electron chi connectivity index (χ3n) is 3.85. The van der Waals surface area contributed by atoms with Crippen molar-refractivity contribution >= 4 is 0 Å². The number of unbranched alkanes of at least 4 members (excludes halogenated alkanes) is 2. The van der Waals surface area contributed by atoms with E-state index in [1.54, 1.807) is 6.07 Å². The van der Waals surface area contributed by atoms with Crippen molar-refractivity contribution in [3.05, 3.63) is 53.6 Å². The molecule has 2 heteroatoms. The monoisotopic (exact) mass is 298 g/mol. The lowest BCUT2D eigenvalue weighted by molar-refractivity contribution is 0.405. The number of ether oxygens (including phenoxy) is 1. The molecule has 0 fully saturated rings. The summed E-state index contributed by atoms with van der Waals surface area (Å²) in [7, 11) is 0. The second kappa shape index (κ2) is 8.47. The molecule has 118 valence electrons. The van der Waals surface area contributed by atoms with Crippen molar-refractivity contribution in [1.29, 1.82) is 0 Å². The highest BCUT2D eigenvalue weighted by molar-refractivity contribution is 5.52. The summed E-state index contributed by atoms with van der Waals surface area (Å²) in [5.74, 6) is 1.63. The van der Waals surface area contributed by atoms with Crippen molar-refractivity contribution in [2.45, 2.75) is 52.4 Å². The first-order chi connectivity index (χ1) is 10.8. The molecule has 0 unspecified atom stereocenters. The molecular weight excluding hydrogens is 272 g/mol. The van der Waals surface area contributed by atoms with Gasteiger partial charge in [0.1, 0.15) is 5.75 Å². The van der Waals surface area contributed by atoms with Crippen LogP contribution in [0.15, 0.2) is 42.5 Å². The van der Waals surface area contributed by atoms with Gasteiger partial charge >= 0.3 is 0 Å². The third-order valence-corrected chi connectivity index (χ3v) is 3.85. The second-order valence-electron chi connectivity index (χ2n) is 5.67. The highest BCUT2D eigenvalue weighted by Crippen LogP contribution is 2.37. The van der Waals surface area contributed by atoms with Gasteiger partial charge in [-0.05, 0) is 43.0 Å². The Morgan fingerprint density at radius 2 is 1.64 bits per heavy atom. The Bertz CT molecular complexity index is 576. The molecule has 0 amide bonds. The largest absolute Gasteiger partial charge is 0.504 e. The molecule has 0 aromatic heterocycles. The zero-order valence-electron chi connectivity index (χ0n) is 13.6. The van der Waals surface area contributed by atoms with E-state index in [4.69, 9.17) is 4.74 Å². The maximum absolute atomic E-state index is 10.3. The fraction of sp³-hybridized carbons (Fsp3) is 0.400. The van der Waals surface area contributed by atoms with Gasteiger partial charge in [0.2, 0.25) is 0 Å². The zero-order valence-corrected chi connectivity index (χ0v) is 13.6. The molecule has 1 N–H and O–H groups in total. The molecule has 0 aliphatic carbocycles. The first kappa shape index (κ1) is 16.4. The number of aromatic hydroxyl groups is 1. The molecule has 0 bridgehead atoms. The van der Waals surface area contributed by atoms with Crippen LogP contribution in [0.25, 0.3) is 0 Å². The summed E-state index contributed by atoms with van der Waals surface area (Å²) in [6, 6.07) is 13.5. The van der Waals surface area contributed by atoms with Crippen LogP contribution in [0, 0.1) is 0 Å². The second-order valence-corrected chi connectivity index (χ2v) is 5.67. The molecule has 22 heavy (non-hydrogen) atoms. The van der Waals surface area contributed by atoms with Crippen LogP contribution in [0.3, 0.4) is 0 Å². The maximum Gasteiger partial charge on any atom is 0.172 e. The van der Waals surface area contributed by atoms with E-state index in [1.807, 2.05) is 36.4 Å². The van der Waals surface area contributed by atoms with Crippen molar-refractivity contribution in [3.63, 3.8) is 0 Å². The molecule has 0 spiro atoms. The van der Waals surface area contributed by atoms with Crippen LogP contribution >= 0.6 is 0 Å². The molecule has 0 heterocycles. The van der Waals surface area contributed by atoms with Crippen LogP contribution in [0.5, 0.6) is 17.2 Å². The topological polar surface area (TPSA) is 29.5 Å². The summed E-state index contributed by atoms with van der Waals surface area (Å²) in [5, 5.41) is 10.3. The van der Waals surface area contributed by atoms with Crippen molar-refractivity contribution in [3.8, 4) is 17.2 Å². The van der Waals surface area contributed by atoms with Crippen molar-refractivity contribution in [2.75, 3.05) is 0 Å². The van der Waals surface area contributed by atoms with Crippen molar-refractivity contribution in [1.82, 2.24) is 0 Å². The number of rotatable bonds is 8. The predicted molar refractivity (Wildman–Crippen MR) is 91.8 cm³/mol. The number of hydrogen-bond donors (Lipinski definition) is 1. The van der Waals surface area contributed by atoms with Gasteiger partial charge in [-0.25, -0.2) is 0 Å². The van der Waals surface area contributed by atoms with Crippen LogP contribution in [0.1, 0.15) is 50.7 Å². The van der Waals surface area contributed by atoms with E-state index in [0.717, 1.165) is 31.4 Å². The fourth-order valence-corrected chi connectivity index (χ4v) is 2.71. The molecule has 2 rings (SSSR count). The van der Waals surface area contributed by atoms with Crippen molar-refractivity contribution < 1.29 is 9.84 Å². The maximum atomic E-state index is 10.3. The minimum Gasteiger partial charge on any atom is -0.504 e. The molecule has 0 saturated heterocycles. The Labute approximate surface area is 133 Å². The summed E-state index contributed by atoms with van der Waals surface area (Å²) < 4.78 is 6.01. The summed E-state index contributed by atoms with van der Waals surface area (Å²) in [6.45, 7) is 4.39. The van der Waals surface area contributed by atoms with Gasteiger partial charge in [-0.2, -0.15) is 0 Å².